The normalized spacial score (nSPS) is 22.0. The number of Topliss-reactive ketones (excluding diaryl/α,β-unsaturated/α-hetero) is 1. The van der Waals surface area contributed by atoms with Gasteiger partial charge in [-0.2, -0.15) is 0 Å². The molecule has 0 amide bonds. The number of benzene rings is 1. The van der Waals surface area contributed by atoms with Crippen LogP contribution in [0.3, 0.4) is 0 Å². The maximum Gasteiger partial charge on any atom is 0.316 e. The molecule has 0 spiro atoms. The Morgan fingerprint density at radius 2 is 2.14 bits per heavy atom. The van der Waals surface area contributed by atoms with E-state index in [4.69, 9.17) is 9.47 Å². The minimum Gasteiger partial charge on any atom is -0.492 e. The topological polar surface area (TPSA) is 52.6 Å². The van der Waals surface area contributed by atoms with Crippen LogP contribution in [-0.4, -0.2) is 25.5 Å². The number of hydrogen-bond acceptors (Lipinski definition) is 4. The van der Waals surface area contributed by atoms with Gasteiger partial charge in [0.05, 0.1) is 30.6 Å². The molecule has 4 heteroatoms. The zero-order valence-corrected chi connectivity index (χ0v) is 13.3. The Kier molecular flexibility index (Phi) is 3.71. The average molecular weight is 302 g/mol. The first-order valence-electron chi connectivity index (χ1n) is 7.88. The molecule has 1 aromatic rings. The zero-order valence-electron chi connectivity index (χ0n) is 13.3. The van der Waals surface area contributed by atoms with Crippen LogP contribution in [0.25, 0.3) is 0 Å². The quantitative estimate of drug-likeness (QED) is 0.802. The fraction of sp³-hybridized carbons (Fsp3) is 0.556. The van der Waals surface area contributed by atoms with Crippen molar-refractivity contribution in [3.63, 3.8) is 0 Å². The van der Waals surface area contributed by atoms with E-state index in [1.54, 1.807) is 0 Å². The van der Waals surface area contributed by atoms with E-state index < -0.39 is 5.41 Å². The van der Waals surface area contributed by atoms with Gasteiger partial charge in [0.1, 0.15) is 5.75 Å². The van der Waals surface area contributed by atoms with Gasteiger partial charge in [0.15, 0.2) is 5.78 Å². The first-order chi connectivity index (χ1) is 10.5. The molecule has 1 aliphatic heterocycles. The van der Waals surface area contributed by atoms with Crippen LogP contribution in [0.5, 0.6) is 5.75 Å². The van der Waals surface area contributed by atoms with Crippen LogP contribution < -0.4 is 4.74 Å². The summed E-state index contributed by atoms with van der Waals surface area (Å²) in [6.45, 7) is 4.66. The molecule has 1 unspecified atom stereocenters. The van der Waals surface area contributed by atoms with Gasteiger partial charge >= 0.3 is 5.97 Å². The third kappa shape index (κ3) is 2.40. The summed E-state index contributed by atoms with van der Waals surface area (Å²) in [4.78, 5) is 24.7. The largest absolute Gasteiger partial charge is 0.492 e. The average Bonchev–Trinajstić information content (AvgIpc) is 3.30. The summed E-state index contributed by atoms with van der Waals surface area (Å²) in [6.07, 6.45) is 2.39. The van der Waals surface area contributed by atoms with Gasteiger partial charge in [0, 0.05) is 0 Å². The second-order valence-corrected chi connectivity index (χ2v) is 6.79. The molecule has 0 aromatic heterocycles. The van der Waals surface area contributed by atoms with Crippen LogP contribution in [0.4, 0.5) is 0 Å². The molecule has 1 saturated carbocycles. The van der Waals surface area contributed by atoms with Crippen molar-refractivity contribution in [2.45, 2.75) is 38.5 Å². The van der Waals surface area contributed by atoms with Crippen LogP contribution in [0.15, 0.2) is 18.2 Å². The predicted octanol–water partition coefficient (Wildman–Crippen LogP) is 3.13. The number of rotatable bonds is 4. The van der Waals surface area contributed by atoms with E-state index in [-0.39, 0.29) is 17.7 Å². The monoisotopic (exact) mass is 302 g/mol. The molecule has 22 heavy (non-hydrogen) atoms. The minimum absolute atomic E-state index is 0.0870. The Morgan fingerprint density at radius 1 is 1.41 bits per heavy atom. The number of esters is 1. The van der Waals surface area contributed by atoms with E-state index in [1.165, 1.54) is 7.11 Å². The van der Waals surface area contributed by atoms with Gasteiger partial charge < -0.3 is 9.47 Å². The zero-order chi connectivity index (χ0) is 15.9. The van der Waals surface area contributed by atoms with Gasteiger partial charge in [-0.25, -0.2) is 0 Å². The van der Waals surface area contributed by atoms with Gasteiger partial charge in [-0.3, -0.25) is 9.59 Å². The molecule has 3 rings (SSSR count). The Balaban J connectivity index is 1.92. The smallest absolute Gasteiger partial charge is 0.316 e. The predicted molar refractivity (Wildman–Crippen MR) is 82.1 cm³/mol. The number of ketones is 1. The first-order valence-corrected chi connectivity index (χ1v) is 7.88. The molecule has 0 saturated heterocycles. The van der Waals surface area contributed by atoms with Crippen LogP contribution in [0.2, 0.25) is 0 Å². The van der Waals surface area contributed by atoms with Gasteiger partial charge in [-0.15, -0.1) is 0 Å². The van der Waals surface area contributed by atoms with Crippen molar-refractivity contribution in [1.82, 2.24) is 0 Å². The lowest BCUT2D eigenvalue weighted by atomic mass is 9.85. The van der Waals surface area contributed by atoms with Crippen LogP contribution in [0, 0.1) is 11.8 Å². The highest BCUT2D eigenvalue weighted by Gasteiger charge is 2.53. The summed E-state index contributed by atoms with van der Waals surface area (Å²) in [5, 5.41) is 0. The third-order valence-corrected chi connectivity index (χ3v) is 4.69. The summed E-state index contributed by atoms with van der Waals surface area (Å²) in [5.74, 6) is 0.922. The number of fused-ring (bicyclic) bond motifs is 1. The summed E-state index contributed by atoms with van der Waals surface area (Å²) < 4.78 is 10.7. The van der Waals surface area contributed by atoms with Crippen molar-refractivity contribution >= 4 is 11.8 Å². The molecule has 1 fully saturated rings. The van der Waals surface area contributed by atoms with Crippen molar-refractivity contribution in [1.29, 1.82) is 0 Å². The van der Waals surface area contributed by atoms with Crippen LogP contribution in [0.1, 0.15) is 49.0 Å². The van der Waals surface area contributed by atoms with Gasteiger partial charge in [-0.05, 0) is 42.9 Å². The highest BCUT2D eigenvalue weighted by molar-refractivity contribution is 6.02. The lowest BCUT2D eigenvalue weighted by Crippen LogP contribution is -2.30. The summed E-state index contributed by atoms with van der Waals surface area (Å²) in [5.41, 5.74) is 0.944. The van der Waals surface area contributed by atoms with Gasteiger partial charge in [-0.1, -0.05) is 19.9 Å². The second kappa shape index (κ2) is 5.41. The maximum atomic E-state index is 12.7. The Labute approximate surface area is 130 Å². The van der Waals surface area contributed by atoms with E-state index >= 15 is 0 Å². The Bertz CT molecular complexity index is 614. The molecule has 2 aliphatic rings. The van der Waals surface area contributed by atoms with Crippen molar-refractivity contribution in [3.8, 4) is 5.75 Å². The first kappa shape index (κ1) is 15.1. The summed E-state index contributed by atoms with van der Waals surface area (Å²) in [6, 6.07) is 5.55. The summed E-state index contributed by atoms with van der Waals surface area (Å²) in [7, 11) is 1.41. The maximum absolute atomic E-state index is 12.7. The molecule has 4 nitrogen and oxygen atoms in total. The Hall–Kier alpha value is -1.84. The number of hydrogen-bond donors (Lipinski definition) is 0. The number of methoxy groups -OCH3 is 1. The molecule has 0 N–H and O–H groups in total. The second-order valence-electron chi connectivity index (χ2n) is 6.79. The molecule has 1 aliphatic carbocycles. The number of carbonyl (C=O) groups excluding carboxylic acids is 2. The van der Waals surface area contributed by atoms with E-state index in [1.807, 2.05) is 18.2 Å². The van der Waals surface area contributed by atoms with E-state index in [0.29, 0.717) is 23.8 Å². The standard InChI is InChI=1S/C18H22O4/c1-11(2)8-12-10-22-15-5-4-13(9-14(15)16(12)19)18(6-7-18)17(20)21-3/h4-5,9,11-12H,6-8,10H2,1-3H3. The van der Waals surface area contributed by atoms with E-state index in [2.05, 4.69) is 13.8 Å². The number of carbonyl (C=O) groups is 2. The molecule has 1 atom stereocenters. The highest BCUT2D eigenvalue weighted by atomic mass is 16.5. The lowest BCUT2D eigenvalue weighted by Gasteiger charge is -2.26. The van der Waals surface area contributed by atoms with Crippen LogP contribution >= 0.6 is 0 Å². The van der Waals surface area contributed by atoms with Gasteiger partial charge in [0.2, 0.25) is 0 Å². The van der Waals surface area contributed by atoms with E-state index in [9.17, 15) is 9.59 Å². The van der Waals surface area contributed by atoms with Crippen molar-refractivity contribution in [3.05, 3.63) is 29.3 Å². The van der Waals surface area contributed by atoms with E-state index in [0.717, 1.165) is 24.8 Å². The summed E-state index contributed by atoms with van der Waals surface area (Å²) >= 11 is 0. The van der Waals surface area contributed by atoms with Crippen molar-refractivity contribution in [2.24, 2.45) is 11.8 Å². The molecular weight excluding hydrogens is 280 g/mol. The van der Waals surface area contributed by atoms with Crippen LogP contribution in [-0.2, 0) is 14.9 Å². The molecule has 0 radical (unpaired) electrons. The van der Waals surface area contributed by atoms with Crippen molar-refractivity contribution < 1.29 is 19.1 Å². The molecule has 118 valence electrons. The fourth-order valence-corrected chi connectivity index (χ4v) is 3.31. The molecule has 0 bridgehead atoms. The third-order valence-electron chi connectivity index (χ3n) is 4.69. The van der Waals surface area contributed by atoms with Gasteiger partial charge in [0.25, 0.3) is 0 Å². The SMILES string of the molecule is COC(=O)C1(c2ccc3c(c2)C(=O)C(CC(C)C)CO3)CC1. The molecular formula is C18H22O4. The lowest BCUT2D eigenvalue weighted by molar-refractivity contribution is -0.143. The highest BCUT2D eigenvalue weighted by Crippen LogP contribution is 2.50. The number of ether oxygens (including phenoxy) is 2. The molecule has 1 aromatic carbocycles. The molecule has 1 heterocycles. The van der Waals surface area contributed by atoms with Crippen molar-refractivity contribution in [2.75, 3.05) is 13.7 Å². The fourth-order valence-electron chi connectivity index (χ4n) is 3.31. The minimum atomic E-state index is -0.547. The Morgan fingerprint density at radius 3 is 2.73 bits per heavy atom.